The number of carbonyl (C=O) groups is 2. The molecule has 1 amide bonds. The molecule has 0 fully saturated rings. The SMILES string of the molecule is COC(=O)[C@@H]1C(=O)NC(SCc2ccc(Cl)cc2)=C(C#N)[C@@H]1c1ccc(OC)c(Br)c1. The average molecular weight is 522 g/mol. The highest BCUT2D eigenvalue weighted by Gasteiger charge is 2.44. The van der Waals surface area contributed by atoms with E-state index in [0.29, 0.717) is 37.2 Å². The van der Waals surface area contributed by atoms with Crippen LogP contribution in [0.1, 0.15) is 17.0 Å². The molecule has 0 spiro atoms. The Morgan fingerprint density at radius 3 is 2.55 bits per heavy atom. The second-order valence-electron chi connectivity index (χ2n) is 6.63. The van der Waals surface area contributed by atoms with Gasteiger partial charge in [0.25, 0.3) is 0 Å². The molecule has 0 aliphatic carbocycles. The zero-order chi connectivity index (χ0) is 22.5. The van der Waals surface area contributed by atoms with E-state index in [1.165, 1.54) is 26.0 Å². The molecule has 0 radical (unpaired) electrons. The topological polar surface area (TPSA) is 88.4 Å². The number of thioether (sulfide) groups is 1. The lowest BCUT2D eigenvalue weighted by molar-refractivity contribution is -0.150. The first-order chi connectivity index (χ1) is 14.9. The normalized spacial score (nSPS) is 18.2. The highest BCUT2D eigenvalue weighted by Crippen LogP contribution is 2.42. The Morgan fingerprint density at radius 1 is 1.26 bits per heavy atom. The number of nitriles is 1. The van der Waals surface area contributed by atoms with Gasteiger partial charge in [0.05, 0.1) is 35.4 Å². The van der Waals surface area contributed by atoms with Crippen molar-refractivity contribution in [3.05, 3.63) is 73.7 Å². The minimum Gasteiger partial charge on any atom is -0.496 e. The molecule has 0 saturated heterocycles. The highest BCUT2D eigenvalue weighted by molar-refractivity contribution is 9.10. The van der Waals surface area contributed by atoms with Gasteiger partial charge in [0, 0.05) is 16.7 Å². The number of nitrogens with one attached hydrogen (secondary N) is 1. The van der Waals surface area contributed by atoms with Gasteiger partial charge in [-0.2, -0.15) is 5.26 Å². The maximum Gasteiger partial charge on any atom is 0.319 e. The molecule has 0 aromatic heterocycles. The Morgan fingerprint density at radius 2 is 1.97 bits per heavy atom. The Labute approximate surface area is 197 Å². The van der Waals surface area contributed by atoms with Gasteiger partial charge in [-0.15, -0.1) is 11.8 Å². The number of hydrogen-bond acceptors (Lipinski definition) is 6. The maximum atomic E-state index is 12.9. The molecule has 1 heterocycles. The van der Waals surface area contributed by atoms with Crippen molar-refractivity contribution in [2.45, 2.75) is 11.7 Å². The van der Waals surface area contributed by atoms with Gasteiger partial charge in [-0.05, 0) is 51.3 Å². The molecule has 0 saturated carbocycles. The van der Waals surface area contributed by atoms with Crippen molar-refractivity contribution >= 4 is 51.2 Å². The van der Waals surface area contributed by atoms with Crippen LogP contribution in [0.15, 0.2) is 57.5 Å². The third kappa shape index (κ3) is 5.06. The number of methoxy groups -OCH3 is 2. The van der Waals surface area contributed by atoms with Crippen molar-refractivity contribution in [3.8, 4) is 11.8 Å². The molecule has 6 nitrogen and oxygen atoms in total. The molecule has 0 bridgehead atoms. The lowest BCUT2D eigenvalue weighted by atomic mass is 9.78. The van der Waals surface area contributed by atoms with Crippen molar-refractivity contribution in [3.63, 3.8) is 0 Å². The van der Waals surface area contributed by atoms with Crippen LogP contribution in [-0.2, 0) is 20.1 Å². The molecule has 2 atom stereocenters. The van der Waals surface area contributed by atoms with Crippen LogP contribution < -0.4 is 10.1 Å². The number of carbonyl (C=O) groups excluding carboxylic acids is 2. The van der Waals surface area contributed by atoms with Crippen LogP contribution in [0.3, 0.4) is 0 Å². The lowest BCUT2D eigenvalue weighted by Crippen LogP contribution is -2.44. The predicted octanol–water partition coefficient (Wildman–Crippen LogP) is 4.78. The van der Waals surface area contributed by atoms with Gasteiger partial charge in [-0.3, -0.25) is 9.59 Å². The molecule has 9 heteroatoms. The molecular weight excluding hydrogens is 504 g/mol. The van der Waals surface area contributed by atoms with Gasteiger partial charge >= 0.3 is 5.97 Å². The van der Waals surface area contributed by atoms with Crippen molar-refractivity contribution in [1.29, 1.82) is 5.26 Å². The quantitative estimate of drug-likeness (QED) is 0.435. The number of rotatable bonds is 6. The van der Waals surface area contributed by atoms with E-state index in [1.54, 1.807) is 30.3 Å². The first-order valence-electron chi connectivity index (χ1n) is 9.13. The third-order valence-corrected chi connectivity index (χ3v) is 6.78. The van der Waals surface area contributed by atoms with Crippen LogP contribution in [0.2, 0.25) is 5.02 Å². The fourth-order valence-corrected chi connectivity index (χ4v) is 4.98. The Balaban J connectivity index is 2.04. The molecule has 31 heavy (non-hydrogen) atoms. The number of amides is 1. The van der Waals surface area contributed by atoms with E-state index in [1.807, 2.05) is 12.1 Å². The minimum atomic E-state index is -1.18. The fraction of sp³-hybridized carbons (Fsp3) is 0.227. The molecule has 0 unspecified atom stereocenters. The zero-order valence-corrected chi connectivity index (χ0v) is 19.8. The van der Waals surface area contributed by atoms with E-state index < -0.39 is 23.7 Å². The van der Waals surface area contributed by atoms with Crippen molar-refractivity contribution < 1.29 is 19.1 Å². The largest absolute Gasteiger partial charge is 0.496 e. The molecular formula is C22H18BrClN2O4S. The maximum absolute atomic E-state index is 12.9. The summed E-state index contributed by atoms with van der Waals surface area (Å²) in [5, 5.41) is 13.7. The van der Waals surface area contributed by atoms with Crippen LogP contribution in [0.4, 0.5) is 0 Å². The standard InChI is InChI=1S/C22H18BrClN2O4S/c1-29-17-8-5-13(9-16(17)23)18-15(10-25)21(26-20(27)19(18)22(28)30-2)31-11-12-3-6-14(24)7-4-12/h3-9,18-19H,11H2,1-2H3,(H,26,27)/t18-,19-/m0/s1. The number of hydrogen-bond donors (Lipinski definition) is 1. The number of benzene rings is 2. The number of allylic oxidation sites excluding steroid dienone is 1. The summed E-state index contributed by atoms with van der Waals surface area (Å²) >= 11 is 10.7. The van der Waals surface area contributed by atoms with Crippen LogP contribution >= 0.6 is 39.3 Å². The van der Waals surface area contributed by atoms with Crippen LogP contribution in [-0.4, -0.2) is 26.1 Å². The summed E-state index contributed by atoms with van der Waals surface area (Å²) < 4.78 is 10.8. The van der Waals surface area contributed by atoms with Crippen LogP contribution in [0, 0.1) is 17.2 Å². The molecule has 1 N–H and O–H groups in total. The zero-order valence-electron chi connectivity index (χ0n) is 16.6. The summed E-state index contributed by atoms with van der Waals surface area (Å²) in [4.78, 5) is 25.4. The van der Waals surface area contributed by atoms with E-state index in [2.05, 4.69) is 27.3 Å². The Hall–Kier alpha value is -2.47. The Bertz CT molecular complexity index is 1080. The molecule has 160 valence electrons. The summed E-state index contributed by atoms with van der Waals surface area (Å²) in [6.07, 6.45) is 0. The monoisotopic (exact) mass is 520 g/mol. The van der Waals surface area contributed by atoms with E-state index in [0.717, 1.165) is 5.56 Å². The Kier molecular flexibility index (Phi) is 7.65. The van der Waals surface area contributed by atoms with Gasteiger partial charge in [-0.1, -0.05) is 29.8 Å². The molecule has 1 aliphatic rings. The van der Waals surface area contributed by atoms with Gasteiger partial charge < -0.3 is 14.8 Å². The molecule has 2 aromatic carbocycles. The third-order valence-electron chi connectivity index (χ3n) is 4.82. The number of halogens is 2. The highest BCUT2D eigenvalue weighted by atomic mass is 79.9. The lowest BCUT2D eigenvalue weighted by Gasteiger charge is -2.31. The predicted molar refractivity (Wildman–Crippen MR) is 122 cm³/mol. The smallest absolute Gasteiger partial charge is 0.319 e. The van der Waals surface area contributed by atoms with Gasteiger partial charge in [-0.25, -0.2) is 0 Å². The van der Waals surface area contributed by atoms with Gasteiger partial charge in [0.1, 0.15) is 11.7 Å². The summed E-state index contributed by atoms with van der Waals surface area (Å²) in [6, 6.07) is 14.7. The number of nitrogens with zero attached hydrogens (tertiary/aromatic N) is 1. The molecule has 3 rings (SSSR count). The second-order valence-corrected chi connectivity index (χ2v) is 8.91. The van der Waals surface area contributed by atoms with E-state index in [-0.39, 0.29) is 0 Å². The van der Waals surface area contributed by atoms with E-state index >= 15 is 0 Å². The molecule has 1 aliphatic heterocycles. The van der Waals surface area contributed by atoms with Crippen LogP contribution in [0.5, 0.6) is 5.75 Å². The molecule has 2 aromatic rings. The summed E-state index contributed by atoms with van der Waals surface area (Å²) in [6.45, 7) is 0. The number of ether oxygens (including phenoxy) is 2. The van der Waals surface area contributed by atoms with Gasteiger partial charge in [0.2, 0.25) is 5.91 Å². The fourth-order valence-electron chi connectivity index (χ4n) is 3.29. The second kappa shape index (κ2) is 10.2. The van der Waals surface area contributed by atoms with Crippen molar-refractivity contribution in [2.24, 2.45) is 5.92 Å². The first kappa shape index (κ1) is 23.2. The summed E-state index contributed by atoms with van der Waals surface area (Å²) in [5.74, 6) is -2.08. The number of esters is 1. The van der Waals surface area contributed by atoms with E-state index in [9.17, 15) is 14.9 Å². The average Bonchev–Trinajstić information content (AvgIpc) is 2.77. The summed E-state index contributed by atoms with van der Waals surface area (Å²) in [5.41, 5.74) is 1.90. The van der Waals surface area contributed by atoms with Gasteiger partial charge in [0.15, 0.2) is 0 Å². The van der Waals surface area contributed by atoms with Crippen LogP contribution in [0.25, 0.3) is 0 Å². The van der Waals surface area contributed by atoms with E-state index in [4.69, 9.17) is 21.1 Å². The van der Waals surface area contributed by atoms with Crippen molar-refractivity contribution in [1.82, 2.24) is 5.32 Å². The minimum absolute atomic E-state index is 0.297. The van der Waals surface area contributed by atoms with Crippen molar-refractivity contribution in [2.75, 3.05) is 14.2 Å². The first-order valence-corrected chi connectivity index (χ1v) is 11.3. The summed E-state index contributed by atoms with van der Waals surface area (Å²) in [7, 11) is 2.76.